The molecule has 3 fully saturated rings. The first-order valence-corrected chi connectivity index (χ1v) is 13.3. The fourth-order valence-corrected chi connectivity index (χ4v) is 7.21. The van der Waals surface area contributed by atoms with Crippen molar-refractivity contribution in [3.63, 3.8) is 0 Å². The predicted molar refractivity (Wildman–Crippen MR) is 137 cm³/mol. The largest absolute Gasteiger partial charge is 0.362 e. The third-order valence-electron chi connectivity index (χ3n) is 7.84. The molecule has 182 valence electrons. The van der Waals surface area contributed by atoms with Crippen LogP contribution in [0.2, 0.25) is 10.0 Å². The van der Waals surface area contributed by atoms with Gasteiger partial charge in [-0.25, -0.2) is 4.79 Å². The Bertz CT molecular complexity index is 974. The van der Waals surface area contributed by atoms with Crippen molar-refractivity contribution in [3.05, 3.63) is 69.7 Å². The Balaban J connectivity index is 1.25. The highest BCUT2D eigenvalue weighted by molar-refractivity contribution is 6.32. The average Bonchev–Trinajstić information content (AvgIpc) is 2.73. The van der Waals surface area contributed by atoms with Crippen LogP contribution in [0.4, 0.5) is 4.79 Å². The molecule has 0 spiro atoms. The summed E-state index contributed by atoms with van der Waals surface area (Å²) in [5.74, 6) is 2.09. The second-order valence-corrected chi connectivity index (χ2v) is 11.8. The molecule has 1 saturated heterocycles. The van der Waals surface area contributed by atoms with Crippen LogP contribution in [0, 0.1) is 17.8 Å². The molecule has 2 amide bonds. The molecule has 5 rings (SSSR count). The molecule has 2 unspecified atom stereocenters. The molecule has 1 N–H and O–H groups in total. The van der Waals surface area contributed by atoms with E-state index in [1.54, 1.807) is 0 Å². The number of benzene rings is 2. The van der Waals surface area contributed by atoms with E-state index in [2.05, 4.69) is 19.2 Å². The Morgan fingerprint density at radius 3 is 2.00 bits per heavy atom. The highest BCUT2D eigenvalue weighted by Gasteiger charge is 2.46. The number of fused-ring (bicyclic) bond motifs is 2. The Morgan fingerprint density at radius 2 is 1.47 bits per heavy atom. The van der Waals surface area contributed by atoms with E-state index < -0.39 is 0 Å². The molecular weight excluding hydrogens is 467 g/mol. The van der Waals surface area contributed by atoms with Crippen LogP contribution in [0.5, 0.6) is 0 Å². The van der Waals surface area contributed by atoms with Crippen LogP contribution in [-0.2, 0) is 4.74 Å². The van der Waals surface area contributed by atoms with Gasteiger partial charge >= 0.3 is 6.03 Å². The number of urea groups is 1. The normalized spacial score (nSPS) is 29.1. The van der Waals surface area contributed by atoms with Crippen LogP contribution >= 0.6 is 23.2 Å². The summed E-state index contributed by atoms with van der Waals surface area (Å²) < 4.78 is 6.51. The van der Waals surface area contributed by atoms with Crippen LogP contribution in [0.25, 0.3) is 0 Å². The third kappa shape index (κ3) is 4.96. The molecule has 0 aromatic heterocycles. The van der Waals surface area contributed by atoms with Crippen molar-refractivity contribution in [2.75, 3.05) is 13.1 Å². The summed E-state index contributed by atoms with van der Waals surface area (Å²) in [6.45, 7) is 5.81. The van der Waals surface area contributed by atoms with E-state index in [9.17, 15) is 4.79 Å². The Morgan fingerprint density at radius 1 is 0.941 bits per heavy atom. The van der Waals surface area contributed by atoms with E-state index in [1.165, 1.54) is 12.8 Å². The second kappa shape index (κ2) is 9.72. The van der Waals surface area contributed by atoms with Gasteiger partial charge in [0.2, 0.25) is 0 Å². The Hall–Kier alpha value is -1.75. The van der Waals surface area contributed by atoms with Gasteiger partial charge in [-0.2, -0.15) is 0 Å². The summed E-state index contributed by atoms with van der Waals surface area (Å²) in [4.78, 5) is 15.1. The number of carbonyl (C=O) groups excluding carboxylic acids is 1. The maximum absolute atomic E-state index is 13.2. The zero-order chi connectivity index (χ0) is 23.9. The van der Waals surface area contributed by atoms with Crippen molar-refractivity contribution in [1.82, 2.24) is 10.2 Å². The number of halogens is 2. The van der Waals surface area contributed by atoms with Gasteiger partial charge in [-0.05, 0) is 62.0 Å². The number of ether oxygens (including phenoxy) is 1. The fourth-order valence-electron chi connectivity index (χ4n) is 6.74. The van der Waals surface area contributed by atoms with Crippen molar-refractivity contribution in [3.8, 4) is 0 Å². The first-order chi connectivity index (χ1) is 16.3. The summed E-state index contributed by atoms with van der Waals surface area (Å²) >= 11 is 13.1. The summed E-state index contributed by atoms with van der Waals surface area (Å²) in [6, 6.07) is 15.5. The number of nitrogens with one attached hydrogen (secondary N) is 1. The first kappa shape index (κ1) is 24.0. The average molecular weight is 501 g/mol. The summed E-state index contributed by atoms with van der Waals surface area (Å²) in [6.07, 6.45) is 5.46. The van der Waals surface area contributed by atoms with Gasteiger partial charge in [0.1, 0.15) is 6.10 Å². The zero-order valence-electron chi connectivity index (χ0n) is 20.0. The summed E-state index contributed by atoms with van der Waals surface area (Å²) in [5.41, 5.74) is 1.73. The minimum Gasteiger partial charge on any atom is -0.362 e. The molecule has 0 radical (unpaired) electrons. The van der Waals surface area contributed by atoms with Crippen molar-refractivity contribution < 1.29 is 9.53 Å². The quantitative estimate of drug-likeness (QED) is 0.475. The van der Waals surface area contributed by atoms with Crippen molar-refractivity contribution in [2.45, 2.75) is 63.7 Å². The van der Waals surface area contributed by atoms with Crippen molar-refractivity contribution in [2.24, 2.45) is 17.8 Å². The molecule has 1 aliphatic heterocycles. The molecule has 2 atom stereocenters. The lowest BCUT2D eigenvalue weighted by Gasteiger charge is -2.51. The number of amides is 2. The molecule has 6 heteroatoms. The maximum Gasteiger partial charge on any atom is 0.318 e. The molecule has 2 bridgehead atoms. The second-order valence-electron chi connectivity index (χ2n) is 11.0. The van der Waals surface area contributed by atoms with Gasteiger partial charge in [0.25, 0.3) is 0 Å². The van der Waals surface area contributed by atoms with Crippen molar-refractivity contribution in [1.29, 1.82) is 0 Å². The van der Waals surface area contributed by atoms with E-state index in [0.29, 0.717) is 35.0 Å². The number of nitrogens with zero attached hydrogens (tertiary/aromatic N) is 1. The van der Waals surface area contributed by atoms with Crippen LogP contribution in [0.1, 0.15) is 63.2 Å². The highest BCUT2D eigenvalue weighted by atomic mass is 35.5. The number of hydrogen-bond donors (Lipinski definition) is 1. The van der Waals surface area contributed by atoms with Gasteiger partial charge in [-0.15, -0.1) is 0 Å². The Kier molecular flexibility index (Phi) is 6.85. The standard InChI is InChI=1S/C28H34Cl2N2O2/c1-18-11-20-12-19(2)14-28(13-18,15-20)31-27(33)32-16-21(17-32)34-26(22-7-3-5-9-24(22)29)23-8-4-6-10-25(23)30/h3-10,18-21,26H,11-17H2,1-2H3,(H,31,33). The van der Waals surface area contributed by atoms with E-state index in [0.717, 1.165) is 36.3 Å². The van der Waals surface area contributed by atoms with E-state index in [1.807, 2.05) is 53.4 Å². The molecule has 1 heterocycles. The minimum atomic E-state index is -0.379. The topological polar surface area (TPSA) is 41.6 Å². The van der Waals surface area contributed by atoms with Gasteiger partial charge < -0.3 is 15.0 Å². The van der Waals surface area contributed by atoms with Crippen LogP contribution in [0.15, 0.2) is 48.5 Å². The van der Waals surface area contributed by atoms with Gasteiger partial charge in [0.15, 0.2) is 0 Å². The van der Waals surface area contributed by atoms with E-state index in [4.69, 9.17) is 27.9 Å². The highest BCUT2D eigenvalue weighted by Crippen LogP contribution is 2.47. The predicted octanol–water partition coefficient (Wildman–Crippen LogP) is 7.10. The van der Waals surface area contributed by atoms with Gasteiger partial charge in [0, 0.05) is 26.7 Å². The number of likely N-dealkylation sites (tertiary alicyclic amines) is 1. The lowest BCUT2D eigenvalue weighted by atomic mass is 9.61. The number of carbonyl (C=O) groups is 1. The third-order valence-corrected chi connectivity index (χ3v) is 8.53. The zero-order valence-corrected chi connectivity index (χ0v) is 21.5. The van der Waals surface area contributed by atoms with Gasteiger partial charge in [-0.3, -0.25) is 0 Å². The van der Waals surface area contributed by atoms with E-state index in [-0.39, 0.29) is 23.8 Å². The van der Waals surface area contributed by atoms with Crippen LogP contribution in [0.3, 0.4) is 0 Å². The van der Waals surface area contributed by atoms with Crippen LogP contribution < -0.4 is 5.32 Å². The smallest absolute Gasteiger partial charge is 0.318 e. The maximum atomic E-state index is 13.2. The summed E-state index contributed by atoms with van der Waals surface area (Å²) in [7, 11) is 0. The Labute approximate surface area is 213 Å². The molecule has 2 aliphatic carbocycles. The molecule has 34 heavy (non-hydrogen) atoms. The molecule has 3 aliphatic rings. The minimum absolute atomic E-state index is 0.0410. The molecule has 2 aromatic rings. The van der Waals surface area contributed by atoms with Crippen LogP contribution in [-0.4, -0.2) is 35.7 Å². The first-order valence-electron chi connectivity index (χ1n) is 12.5. The summed E-state index contributed by atoms with van der Waals surface area (Å²) in [5, 5.41) is 4.76. The lowest BCUT2D eigenvalue weighted by molar-refractivity contribution is -0.0666. The fraction of sp³-hybridized carbons (Fsp3) is 0.536. The monoisotopic (exact) mass is 500 g/mol. The number of rotatable bonds is 5. The van der Waals surface area contributed by atoms with Crippen molar-refractivity contribution >= 4 is 29.2 Å². The van der Waals surface area contributed by atoms with E-state index >= 15 is 0 Å². The van der Waals surface area contributed by atoms with Gasteiger partial charge in [0.05, 0.1) is 19.2 Å². The number of hydrogen-bond acceptors (Lipinski definition) is 2. The SMILES string of the molecule is CC1CC2CC(C)CC(NC(=O)N3CC(OC(c4ccccc4Cl)c4ccccc4Cl)C3)(C1)C2. The molecule has 4 nitrogen and oxygen atoms in total. The van der Waals surface area contributed by atoms with Gasteiger partial charge in [-0.1, -0.05) is 73.4 Å². The molecule has 2 saturated carbocycles. The molecule has 2 aromatic carbocycles. The molecular formula is C28H34Cl2N2O2. The lowest BCUT2D eigenvalue weighted by Crippen LogP contribution is -2.64.